The summed E-state index contributed by atoms with van der Waals surface area (Å²) in [5.74, 6) is 0.0665. The van der Waals surface area contributed by atoms with Crippen molar-refractivity contribution in [3.63, 3.8) is 0 Å². The van der Waals surface area contributed by atoms with Crippen LogP contribution in [0.5, 0.6) is 0 Å². The molecule has 3 N–H and O–H groups in total. The molecule has 18 heavy (non-hydrogen) atoms. The predicted octanol–water partition coefficient (Wildman–Crippen LogP) is 1.08. The first-order valence-electron chi connectivity index (χ1n) is 5.62. The molecule has 0 fully saturated rings. The molecule has 100 valence electrons. The van der Waals surface area contributed by atoms with E-state index in [0.29, 0.717) is 12.0 Å². The average molecular weight is 271 g/mol. The summed E-state index contributed by atoms with van der Waals surface area (Å²) in [5, 5.41) is 2.93. The van der Waals surface area contributed by atoms with E-state index in [0.717, 1.165) is 5.56 Å². The Morgan fingerprint density at radius 2 is 1.78 bits per heavy atom. The van der Waals surface area contributed by atoms with Crippen LogP contribution >= 0.6 is 7.60 Å². The van der Waals surface area contributed by atoms with Crippen molar-refractivity contribution in [3.05, 3.63) is 35.4 Å². The topological polar surface area (TPSA) is 86.6 Å². The number of Topliss-reactive ketones (excluding diaryl/α,β-unsaturated/α-hetero) is 1. The Bertz CT molecular complexity index is 452. The van der Waals surface area contributed by atoms with Crippen LogP contribution in [0, 0.1) is 0 Å². The molecule has 0 aliphatic heterocycles. The van der Waals surface area contributed by atoms with Crippen LogP contribution in [0.25, 0.3) is 0 Å². The lowest BCUT2D eigenvalue weighted by atomic mass is 10.0. The summed E-state index contributed by atoms with van der Waals surface area (Å²) < 4.78 is 10.8. The monoisotopic (exact) mass is 271 g/mol. The Kier molecular flexibility index (Phi) is 5.23. The molecule has 5 nitrogen and oxygen atoms in total. The minimum atomic E-state index is -4.02. The molecule has 0 aliphatic carbocycles. The largest absolute Gasteiger partial charge is 0.329 e. The van der Waals surface area contributed by atoms with E-state index in [1.165, 1.54) is 6.92 Å². The number of hydrogen-bond acceptors (Lipinski definition) is 3. The van der Waals surface area contributed by atoms with Crippen LogP contribution < -0.4 is 5.32 Å². The lowest BCUT2D eigenvalue weighted by Crippen LogP contribution is -2.34. The van der Waals surface area contributed by atoms with Crippen molar-refractivity contribution >= 4 is 13.4 Å². The van der Waals surface area contributed by atoms with E-state index in [2.05, 4.69) is 5.32 Å². The Labute approximate surface area is 106 Å². The molecule has 0 saturated heterocycles. The molecular formula is C12H18NO4P. The van der Waals surface area contributed by atoms with Gasteiger partial charge in [-0.3, -0.25) is 9.36 Å². The van der Waals surface area contributed by atoms with E-state index in [4.69, 9.17) is 9.79 Å². The summed E-state index contributed by atoms with van der Waals surface area (Å²) in [6.07, 6.45) is 0.317. The van der Waals surface area contributed by atoms with E-state index in [-0.39, 0.29) is 18.0 Å². The number of ketones is 1. The Morgan fingerprint density at radius 1 is 1.28 bits per heavy atom. The van der Waals surface area contributed by atoms with Crippen LogP contribution in [0.1, 0.15) is 18.1 Å². The van der Waals surface area contributed by atoms with Gasteiger partial charge in [-0.05, 0) is 31.5 Å². The first-order valence-corrected chi connectivity index (χ1v) is 7.41. The lowest BCUT2D eigenvalue weighted by molar-refractivity contribution is -0.118. The van der Waals surface area contributed by atoms with Crippen LogP contribution in [-0.4, -0.2) is 28.7 Å². The second-order valence-corrected chi connectivity index (χ2v) is 5.94. The lowest BCUT2D eigenvalue weighted by Gasteiger charge is -2.13. The summed E-state index contributed by atoms with van der Waals surface area (Å²) in [6.45, 7) is 1.53. The summed E-state index contributed by atoms with van der Waals surface area (Å²) >= 11 is 0. The number of carbonyl (C=O) groups is 1. The van der Waals surface area contributed by atoms with Crippen molar-refractivity contribution in [3.8, 4) is 0 Å². The molecule has 6 heteroatoms. The molecule has 0 radical (unpaired) electrons. The van der Waals surface area contributed by atoms with Gasteiger partial charge in [-0.1, -0.05) is 24.3 Å². The van der Waals surface area contributed by atoms with Crippen LogP contribution in [0.3, 0.4) is 0 Å². The van der Waals surface area contributed by atoms with E-state index < -0.39 is 7.60 Å². The molecule has 1 aromatic carbocycles. The smallest absolute Gasteiger partial charge is 0.324 e. The Balaban J connectivity index is 2.71. The standard InChI is InChI=1S/C12H18NO4P/c1-9(14)12(13-2)7-10-3-5-11(6-4-10)8-18(15,16)17/h3-6,12-13H,7-8H2,1-2H3,(H2,15,16,17)/t12-/m0/s1. The first kappa shape index (κ1) is 15.1. The number of likely N-dealkylation sites (N-methyl/N-ethyl adjacent to an activating group) is 1. The van der Waals surface area contributed by atoms with Crippen molar-refractivity contribution in [1.82, 2.24) is 5.32 Å². The maximum atomic E-state index is 11.3. The molecule has 1 atom stereocenters. The predicted molar refractivity (Wildman–Crippen MR) is 69.4 cm³/mol. The third-order valence-corrected chi connectivity index (χ3v) is 3.47. The Morgan fingerprint density at radius 3 is 2.17 bits per heavy atom. The summed E-state index contributed by atoms with van der Waals surface area (Å²) in [4.78, 5) is 29.0. The average Bonchev–Trinajstić information content (AvgIpc) is 2.25. The highest BCUT2D eigenvalue weighted by Crippen LogP contribution is 2.38. The summed E-state index contributed by atoms with van der Waals surface area (Å²) in [7, 11) is -2.29. The third-order valence-electron chi connectivity index (χ3n) is 2.69. The van der Waals surface area contributed by atoms with Gasteiger partial charge >= 0.3 is 7.60 Å². The molecular weight excluding hydrogens is 253 g/mol. The zero-order chi connectivity index (χ0) is 13.8. The molecule has 0 aromatic heterocycles. The molecule has 1 aromatic rings. The van der Waals surface area contributed by atoms with Gasteiger partial charge in [-0.2, -0.15) is 0 Å². The molecule has 0 unspecified atom stereocenters. The molecule has 1 rings (SSSR count). The van der Waals surface area contributed by atoms with Crippen molar-refractivity contribution in [2.45, 2.75) is 25.5 Å². The van der Waals surface area contributed by atoms with Crippen molar-refractivity contribution in [2.24, 2.45) is 0 Å². The van der Waals surface area contributed by atoms with E-state index in [9.17, 15) is 9.36 Å². The van der Waals surface area contributed by atoms with Gasteiger partial charge in [0, 0.05) is 0 Å². The van der Waals surface area contributed by atoms with Crippen molar-refractivity contribution < 1.29 is 19.1 Å². The van der Waals surface area contributed by atoms with Gasteiger partial charge in [0.25, 0.3) is 0 Å². The number of nitrogens with one attached hydrogen (secondary N) is 1. The fourth-order valence-corrected chi connectivity index (χ4v) is 2.39. The van der Waals surface area contributed by atoms with Crippen LogP contribution in [0.4, 0.5) is 0 Å². The number of hydrogen-bond donors (Lipinski definition) is 3. The minimum absolute atomic E-state index is 0.0665. The SMILES string of the molecule is CN[C@@H](Cc1ccc(CP(=O)(O)O)cc1)C(C)=O. The van der Waals surface area contributed by atoms with Crippen LogP contribution in [0.2, 0.25) is 0 Å². The van der Waals surface area contributed by atoms with Gasteiger partial charge in [0.05, 0.1) is 12.2 Å². The molecule has 0 heterocycles. The Hall–Kier alpha value is -1.00. The third kappa shape index (κ3) is 5.10. The fraction of sp³-hybridized carbons (Fsp3) is 0.417. The highest BCUT2D eigenvalue weighted by molar-refractivity contribution is 7.50. The van der Waals surface area contributed by atoms with Gasteiger partial charge in [0.2, 0.25) is 0 Å². The molecule has 0 aliphatic rings. The van der Waals surface area contributed by atoms with E-state index in [1.54, 1.807) is 31.3 Å². The molecule has 0 amide bonds. The highest BCUT2D eigenvalue weighted by atomic mass is 31.2. The van der Waals surface area contributed by atoms with Gasteiger partial charge < -0.3 is 15.1 Å². The number of benzene rings is 1. The molecule has 0 bridgehead atoms. The summed E-state index contributed by atoms with van der Waals surface area (Å²) in [6, 6.07) is 6.72. The van der Waals surface area contributed by atoms with Gasteiger partial charge in [-0.15, -0.1) is 0 Å². The zero-order valence-electron chi connectivity index (χ0n) is 10.5. The molecule has 0 saturated carbocycles. The highest BCUT2D eigenvalue weighted by Gasteiger charge is 2.15. The maximum absolute atomic E-state index is 11.3. The van der Waals surface area contributed by atoms with E-state index >= 15 is 0 Å². The van der Waals surface area contributed by atoms with Gasteiger partial charge in [0.15, 0.2) is 0 Å². The van der Waals surface area contributed by atoms with Gasteiger partial charge in [-0.25, -0.2) is 0 Å². The quantitative estimate of drug-likeness (QED) is 0.674. The molecule has 0 spiro atoms. The first-order chi connectivity index (χ1) is 8.31. The maximum Gasteiger partial charge on any atom is 0.329 e. The van der Waals surface area contributed by atoms with Crippen molar-refractivity contribution in [2.75, 3.05) is 7.05 Å². The number of rotatable bonds is 6. The fourth-order valence-electron chi connectivity index (χ4n) is 1.70. The summed E-state index contributed by atoms with van der Waals surface area (Å²) in [5.41, 5.74) is 1.55. The van der Waals surface area contributed by atoms with E-state index in [1.807, 2.05) is 0 Å². The minimum Gasteiger partial charge on any atom is -0.324 e. The zero-order valence-corrected chi connectivity index (χ0v) is 11.4. The normalized spacial score (nSPS) is 13.3. The van der Waals surface area contributed by atoms with Crippen LogP contribution in [-0.2, 0) is 21.9 Å². The second-order valence-electron chi connectivity index (χ2n) is 4.30. The van der Waals surface area contributed by atoms with Crippen LogP contribution in [0.15, 0.2) is 24.3 Å². The van der Waals surface area contributed by atoms with Gasteiger partial charge in [0.1, 0.15) is 5.78 Å². The second kappa shape index (κ2) is 6.25. The number of carbonyl (C=O) groups excluding carboxylic acids is 1. The van der Waals surface area contributed by atoms with Crippen molar-refractivity contribution in [1.29, 1.82) is 0 Å².